The van der Waals surface area contributed by atoms with E-state index in [9.17, 15) is 42.2 Å². The molecule has 0 saturated carbocycles. The highest BCUT2D eigenvalue weighted by Crippen LogP contribution is 2.37. The molecule has 0 radical (unpaired) electrons. The van der Waals surface area contributed by atoms with Crippen molar-refractivity contribution in [3.05, 3.63) is 104 Å². The van der Waals surface area contributed by atoms with Gasteiger partial charge in [0.05, 0.1) is 28.9 Å². The summed E-state index contributed by atoms with van der Waals surface area (Å²) in [6.45, 7) is -0.546. The first-order valence-electron chi connectivity index (χ1n) is 14.4. The van der Waals surface area contributed by atoms with Crippen LogP contribution in [0.25, 0.3) is 0 Å². The molecule has 3 atom stereocenters. The minimum Gasteiger partial charge on any atom is -0.493 e. The van der Waals surface area contributed by atoms with Crippen molar-refractivity contribution < 1.29 is 51.6 Å². The molecule has 3 N–H and O–H groups in total. The summed E-state index contributed by atoms with van der Waals surface area (Å²) in [5, 5.41) is 23.5. The van der Waals surface area contributed by atoms with E-state index in [1.54, 1.807) is 6.07 Å². The number of halogens is 5. The smallest absolute Gasteiger partial charge is 0.416 e. The van der Waals surface area contributed by atoms with Gasteiger partial charge in [0.2, 0.25) is 5.91 Å². The van der Waals surface area contributed by atoms with E-state index in [2.05, 4.69) is 5.32 Å². The number of carbonyl (C=O) groups excluding carboxylic acids is 3. The molecule has 0 saturated heterocycles. The number of amides is 2. The second kappa shape index (κ2) is 15.7. The first kappa shape index (κ1) is 35.8. The second-order valence-electron chi connectivity index (χ2n) is 10.6. The van der Waals surface area contributed by atoms with E-state index in [0.29, 0.717) is 21.0 Å². The lowest BCUT2D eigenvalue weighted by atomic mass is 9.87. The van der Waals surface area contributed by atoms with Crippen LogP contribution in [0, 0.1) is 9.39 Å². The average molecular weight is 771 g/mol. The number of aliphatic hydroxyl groups excluding tert-OH is 2. The van der Waals surface area contributed by atoms with Crippen LogP contribution in [-0.4, -0.2) is 78.3 Å². The topological polar surface area (TPSA) is 125 Å². The third-order valence-electron chi connectivity index (χ3n) is 7.51. The Morgan fingerprint density at radius 1 is 1.13 bits per heavy atom. The lowest BCUT2D eigenvalue weighted by Crippen LogP contribution is -2.55. The predicted molar refractivity (Wildman–Crippen MR) is 171 cm³/mol. The van der Waals surface area contributed by atoms with Crippen LogP contribution < -0.4 is 14.8 Å². The van der Waals surface area contributed by atoms with Crippen LogP contribution in [0.2, 0.25) is 0 Å². The molecule has 1 aliphatic carbocycles. The highest BCUT2D eigenvalue weighted by Gasteiger charge is 2.41. The number of aliphatic hydroxyl groups is 2. The van der Waals surface area contributed by atoms with Crippen molar-refractivity contribution in [2.75, 3.05) is 26.8 Å². The summed E-state index contributed by atoms with van der Waals surface area (Å²) >= 11 is 1.92. The van der Waals surface area contributed by atoms with Gasteiger partial charge in [-0.1, -0.05) is 12.1 Å². The molecule has 1 aliphatic rings. The monoisotopic (exact) mass is 770 g/mol. The number of rotatable bonds is 12. The predicted octanol–water partition coefficient (Wildman–Crippen LogP) is 4.57. The number of hydrogen-bond donors (Lipinski definition) is 3. The molecule has 0 fully saturated rings. The van der Waals surface area contributed by atoms with Gasteiger partial charge >= 0.3 is 6.18 Å². The number of ether oxygens (including phenoxy) is 2. The van der Waals surface area contributed by atoms with E-state index >= 15 is 0 Å². The van der Waals surface area contributed by atoms with Gasteiger partial charge in [-0.15, -0.1) is 0 Å². The van der Waals surface area contributed by atoms with Gasteiger partial charge in [0.25, 0.3) is 5.91 Å². The quantitative estimate of drug-likeness (QED) is 0.140. The average Bonchev–Trinajstić information content (AvgIpc) is 3.05. The van der Waals surface area contributed by atoms with Gasteiger partial charge in [0.15, 0.2) is 11.5 Å². The number of nitrogens with zero attached hydrogens (tertiary/aromatic N) is 1. The summed E-state index contributed by atoms with van der Waals surface area (Å²) in [5.74, 6) is -1.54. The molecule has 3 aromatic carbocycles. The summed E-state index contributed by atoms with van der Waals surface area (Å²) in [4.78, 5) is 39.8. The van der Waals surface area contributed by atoms with E-state index in [0.717, 1.165) is 24.3 Å². The van der Waals surface area contributed by atoms with Crippen LogP contribution in [-0.2, 0) is 17.4 Å². The zero-order valence-electron chi connectivity index (χ0n) is 25.0. The summed E-state index contributed by atoms with van der Waals surface area (Å²) in [7, 11) is 1.35. The lowest BCUT2D eigenvalue weighted by molar-refractivity contribution is -0.137. The maximum atomic E-state index is 14.0. The largest absolute Gasteiger partial charge is 0.493 e. The summed E-state index contributed by atoms with van der Waals surface area (Å²) < 4.78 is 65.8. The molecule has 47 heavy (non-hydrogen) atoms. The number of nitrogens with one attached hydrogen (secondary N) is 1. The maximum absolute atomic E-state index is 14.0. The molecule has 0 heterocycles. The number of benzene rings is 3. The molecule has 0 bridgehead atoms. The van der Waals surface area contributed by atoms with Gasteiger partial charge in [-0.2, -0.15) is 13.2 Å². The van der Waals surface area contributed by atoms with Crippen molar-refractivity contribution in [3.8, 4) is 11.5 Å². The van der Waals surface area contributed by atoms with Gasteiger partial charge in [-0.3, -0.25) is 14.4 Å². The van der Waals surface area contributed by atoms with Crippen LogP contribution in [0.3, 0.4) is 0 Å². The molecule has 2 amide bonds. The molecule has 0 aromatic heterocycles. The first-order chi connectivity index (χ1) is 22.4. The standard InChI is InChI=1S/C33H31F4IN2O7/c1-46-28-15-20(18-42)14-25(38)30(28)47-27-17-22(31(44)39-10-12-41)16-26(29(27)43)40(11-9-19-3-2-4-24(34)13-19)32(45)21-5-7-23(8-6-21)33(35,36)37/h2-8,13-15,17-18,26-27,29,41,43H,9-12,16H2,1H3,(H,39,44)/t26-,27+,29+/m1/s1. The van der Waals surface area contributed by atoms with E-state index < -0.39 is 47.6 Å². The van der Waals surface area contributed by atoms with Crippen LogP contribution in [0.4, 0.5) is 17.6 Å². The Kier molecular flexibility index (Phi) is 12.0. The van der Waals surface area contributed by atoms with Crippen LogP contribution >= 0.6 is 22.6 Å². The normalized spacial score (nSPS) is 17.8. The van der Waals surface area contributed by atoms with E-state index in [4.69, 9.17) is 9.47 Å². The molecule has 14 heteroatoms. The molecule has 9 nitrogen and oxygen atoms in total. The maximum Gasteiger partial charge on any atom is 0.416 e. The summed E-state index contributed by atoms with van der Waals surface area (Å²) in [6.07, 6.45) is -5.46. The Morgan fingerprint density at radius 2 is 1.85 bits per heavy atom. The third-order valence-corrected chi connectivity index (χ3v) is 8.31. The van der Waals surface area contributed by atoms with Gasteiger partial charge in [-0.25, -0.2) is 4.39 Å². The fraction of sp³-hybridized carbons (Fsp3) is 0.303. The number of methoxy groups -OCH3 is 1. The van der Waals surface area contributed by atoms with Crippen LogP contribution in [0.15, 0.2) is 72.3 Å². The number of alkyl halides is 3. The Hall–Kier alpha value is -4.02. The van der Waals surface area contributed by atoms with E-state index in [1.165, 1.54) is 48.4 Å². The minimum atomic E-state index is -4.63. The van der Waals surface area contributed by atoms with E-state index in [1.807, 2.05) is 22.6 Å². The van der Waals surface area contributed by atoms with Gasteiger partial charge in [0, 0.05) is 36.2 Å². The summed E-state index contributed by atoms with van der Waals surface area (Å²) in [6, 6.07) is 11.0. The summed E-state index contributed by atoms with van der Waals surface area (Å²) in [5.41, 5.74) is -0.150. The first-order valence-corrected chi connectivity index (χ1v) is 15.4. The molecule has 250 valence electrons. The number of aldehydes is 1. The Bertz CT molecular complexity index is 1630. The lowest BCUT2D eigenvalue weighted by Gasteiger charge is -2.40. The fourth-order valence-corrected chi connectivity index (χ4v) is 5.92. The third kappa shape index (κ3) is 8.87. The van der Waals surface area contributed by atoms with E-state index in [-0.39, 0.29) is 55.2 Å². The molecule has 3 aromatic rings. The van der Waals surface area contributed by atoms with Crippen molar-refractivity contribution in [1.82, 2.24) is 10.2 Å². The molecular weight excluding hydrogens is 739 g/mol. The van der Waals surface area contributed by atoms with Crippen molar-refractivity contribution in [2.24, 2.45) is 0 Å². The molecule has 0 unspecified atom stereocenters. The molecule has 0 spiro atoms. The SMILES string of the molecule is COc1cc(C=O)cc(I)c1O[C@H]1C=C(C(=O)NCCO)C[C@@H](N(CCc2cccc(F)c2)C(=O)c2ccc(C(F)(F)F)cc2)[C@@H]1O. The molecule has 4 rings (SSSR count). The van der Waals surface area contributed by atoms with Gasteiger partial charge < -0.3 is 29.9 Å². The van der Waals surface area contributed by atoms with Crippen molar-refractivity contribution in [3.63, 3.8) is 0 Å². The van der Waals surface area contributed by atoms with Crippen LogP contribution in [0.1, 0.15) is 38.3 Å². The zero-order chi connectivity index (χ0) is 34.3. The number of hydrogen-bond acceptors (Lipinski definition) is 7. The molecule has 0 aliphatic heterocycles. The van der Waals surface area contributed by atoms with Gasteiger partial charge in [-0.05, 0) is 89.2 Å². The van der Waals surface area contributed by atoms with Crippen molar-refractivity contribution in [2.45, 2.75) is 37.3 Å². The fourth-order valence-electron chi connectivity index (χ4n) is 5.17. The van der Waals surface area contributed by atoms with Crippen LogP contribution in [0.5, 0.6) is 11.5 Å². The number of carbonyl (C=O) groups is 3. The zero-order valence-corrected chi connectivity index (χ0v) is 27.1. The second-order valence-corrected chi connectivity index (χ2v) is 11.8. The van der Waals surface area contributed by atoms with Crippen molar-refractivity contribution in [1.29, 1.82) is 0 Å². The Morgan fingerprint density at radius 3 is 2.47 bits per heavy atom. The highest BCUT2D eigenvalue weighted by atomic mass is 127. The Labute approximate surface area is 281 Å². The molecular formula is C33H31F4IN2O7. The minimum absolute atomic E-state index is 0.0818. The van der Waals surface area contributed by atoms with Gasteiger partial charge in [0.1, 0.15) is 24.3 Å². The Balaban J connectivity index is 1.76. The van der Waals surface area contributed by atoms with Crippen molar-refractivity contribution >= 4 is 40.7 Å². The highest BCUT2D eigenvalue weighted by molar-refractivity contribution is 14.1.